The number of aromatic nitrogens is 1. The fraction of sp³-hybridized carbons (Fsp3) is 0.222. The van der Waals surface area contributed by atoms with Gasteiger partial charge in [-0.25, -0.2) is 4.79 Å². The normalized spacial score (nSPS) is 16.3. The van der Waals surface area contributed by atoms with Crippen LogP contribution in [0.25, 0.3) is 11.8 Å². The van der Waals surface area contributed by atoms with Crippen LogP contribution in [0.2, 0.25) is 0 Å². The molecule has 1 aromatic heterocycles. The molecule has 0 bridgehead atoms. The van der Waals surface area contributed by atoms with E-state index in [-0.39, 0.29) is 11.9 Å². The van der Waals surface area contributed by atoms with Gasteiger partial charge in [-0.05, 0) is 50.6 Å². The first-order chi connectivity index (χ1) is 11.0. The second kappa shape index (κ2) is 5.76. The van der Waals surface area contributed by atoms with Crippen LogP contribution in [-0.2, 0) is 4.79 Å². The standard InChI is InChI=1S/C18H19N3O2/c1-4-20-17(22)15(19-18(20)23)11-14-6-5-9-21(14)16-8-7-12(2)10-13(16)3/h5-11H,4H2,1-3H3,(H,19,23)/b15-11+. The molecule has 0 saturated carbocycles. The van der Waals surface area contributed by atoms with Crippen LogP contribution in [0.1, 0.15) is 23.7 Å². The van der Waals surface area contributed by atoms with Crippen molar-refractivity contribution in [2.24, 2.45) is 0 Å². The number of nitrogens with one attached hydrogen (secondary N) is 1. The summed E-state index contributed by atoms with van der Waals surface area (Å²) in [6.45, 7) is 6.25. The summed E-state index contributed by atoms with van der Waals surface area (Å²) in [5.41, 5.74) is 4.56. The zero-order valence-corrected chi connectivity index (χ0v) is 13.5. The zero-order valence-electron chi connectivity index (χ0n) is 13.5. The number of nitrogens with zero attached hydrogens (tertiary/aromatic N) is 2. The monoisotopic (exact) mass is 309 g/mol. The van der Waals surface area contributed by atoms with E-state index in [0.29, 0.717) is 12.2 Å². The first-order valence-corrected chi connectivity index (χ1v) is 7.60. The Bertz CT molecular complexity index is 817. The van der Waals surface area contributed by atoms with Gasteiger partial charge in [0.2, 0.25) is 0 Å². The third-order valence-corrected chi connectivity index (χ3v) is 3.96. The molecule has 0 unspecified atom stereocenters. The van der Waals surface area contributed by atoms with E-state index in [1.807, 2.05) is 22.9 Å². The highest BCUT2D eigenvalue weighted by molar-refractivity contribution is 6.13. The minimum Gasteiger partial charge on any atom is -0.317 e. The Kier molecular flexibility index (Phi) is 3.78. The summed E-state index contributed by atoms with van der Waals surface area (Å²) < 4.78 is 2.01. The Morgan fingerprint density at radius 2 is 1.96 bits per heavy atom. The number of aryl methyl sites for hydroxylation is 2. The third-order valence-electron chi connectivity index (χ3n) is 3.96. The summed E-state index contributed by atoms with van der Waals surface area (Å²) in [4.78, 5) is 25.1. The van der Waals surface area contributed by atoms with Crippen molar-refractivity contribution in [2.75, 3.05) is 6.54 Å². The highest BCUT2D eigenvalue weighted by Gasteiger charge is 2.32. The van der Waals surface area contributed by atoms with E-state index in [9.17, 15) is 9.59 Å². The van der Waals surface area contributed by atoms with Crippen LogP contribution in [-0.4, -0.2) is 28.0 Å². The van der Waals surface area contributed by atoms with E-state index in [0.717, 1.165) is 16.9 Å². The quantitative estimate of drug-likeness (QED) is 0.700. The number of benzene rings is 1. The number of carbonyl (C=O) groups excluding carboxylic acids is 2. The SMILES string of the molecule is CCN1C(=O)N/C(=C/c2cccn2-c2ccc(C)cc2C)C1=O. The van der Waals surface area contributed by atoms with Crippen LogP contribution in [0, 0.1) is 13.8 Å². The van der Waals surface area contributed by atoms with E-state index in [1.54, 1.807) is 13.0 Å². The maximum absolute atomic E-state index is 12.2. The Hall–Kier alpha value is -2.82. The van der Waals surface area contributed by atoms with Crippen LogP contribution >= 0.6 is 0 Å². The van der Waals surface area contributed by atoms with Gasteiger partial charge in [0.15, 0.2) is 0 Å². The van der Waals surface area contributed by atoms with Crippen molar-refractivity contribution in [2.45, 2.75) is 20.8 Å². The molecule has 2 heterocycles. The van der Waals surface area contributed by atoms with Crippen LogP contribution < -0.4 is 5.32 Å². The fourth-order valence-corrected chi connectivity index (χ4v) is 2.81. The summed E-state index contributed by atoms with van der Waals surface area (Å²) in [5.74, 6) is -0.286. The predicted octanol–water partition coefficient (Wildman–Crippen LogP) is 3.01. The third kappa shape index (κ3) is 2.65. The Labute approximate surface area is 135 Å². The second-order valence-corrected chi connectivity index (χ2v) is 5.63. The molecule has 1 aromatic carbocycles. The van der Waals surface area contributed by atoms with Crippen molar-refractivity contribution >= 4 is 18.0 Å². The first-order valence-electron chi connectivity index (χ1n) is 7.60. The summed E-state index contributed by atoms with van der Waals surface area (Å²) in [6, 6.07) is 9.70. The first kappa shape index (κ1) is 15.1. The Balaban J connectivity index is 2.01. The maximum Gasteiger partial charge on any atom is 0.328 e. The molecule has 0 radical (unpaired) electrons. The molecule has 1 aliphatic rings. The predicted molar refractivity (Wildman–Crippen MR) is 89.1 cm³/mol. The summed E-state index contributed by atoms with van der Waals surface area (Å²) in [7, 11) is 0. The van der Waals surface area contributed by atoms with Gasteiger partial charge in [-0.2, -0.15) is 0 Å². The minimum absolute atomic E-state index is 0.286. The molecule has 1 aliphatic heterocycles. The number of hydrogen-bond donors (Lipinski definition) is 1. The van der Waals surface area contributed by atoms with E-state index >= 15 is 0 Å². The van der Waals surface area contributed by atoms with Gasteiger partial charge < -0.3 is 9.88 Å². The van der Waals surface area contributed by atoms with Gasteiger partial charge in [0.05, 0.1) is 0 Å². The van der Waals surface area contributed by atoms with Crippen molar-refractivity contribution in [3.05, 3.63) is 59.0 Å². The lowest BCUT2D eigenvalue weighted by atomic mass is 10.1. The number of amides is 3. The van der Waals surface area contributed by atoms with Gasteiger partial charge in [0.1, 0.15) is 5.70 Å². The van der Waals surface area contributed by atoms with Crippen LogP contribution in [0.4, 0.5) is 4.79 Å². The average molecular weight is 309 g/mol. The fourth-order valence-electron chi connectivity index (χ4n) is 2.81. The number of urea groups is 1. The van der Waals surface area contributed by atoms with Gasteiger partial charge in [-0.3, -0.25) is 9.69 Å². The van der Waals surface area contributed by atoms with Gasteiger partial charge in [0.25, 0.3) is 5.91 Å². The lowest BCUT2D eigenvalue weighted by Crippen LogP contribution is -2.30. The number of imide groups is 1. The highest BCUT2D eigenvalue weighted by atomic mass is 16.2. The highest BCUT2D eigenvalue weighted by Crippen LogP contribution is 2.21. The molecular weight excluding hydrogens is 290 g/mol. The van der Waals surface area contributed by atoms with Crippen LogP contribution in [0.15, 0.2) is 42.2 Å². The molecule has 0 atom stereocenters. The Morgan fingerprint density at radius 3 is 2.61 bits per heavy atom. The molecule has 2 aromatic rings. The van der Waals surface area contributed by atoms with Crippen molar-refractivity contribution in [1.82, 2.24) is 14.8 Å². The second-order valence-electron chi connectivity index (χ2n) is 5.63. The smallest absolute Gasteiger partial charge is 0.317 e. The van der Waals surface area contributed by atoms with Gasteiger partial charge in [-0.1, -0.05) is 17.7 Å². The van der Waals surface area contributed by atoms with E-state index in [2.05, 4.69) is 37.4 Å². The van der Waals surface area contributed by atoms with Crippen molar-refractivity contribution in [3.63, 3.8) is 0 Å². The molecule has 118 valence electrons. The summed E-state index contributed by atoms with van der Waals surface area (Å²) >= 11 is 0. The molecule has 5 nitrogen and oxygen atoms in total. The van der Waals surface area contributed by atoms with Crippen molar-refractivity contribution < 1.29 is 9.59 Å². The summed E-state index contributed by atoms with van der Waals surface area (Å²) in [5, 5.41) is 2.63. The lowest BCUT2D eigenvalue weighted by molar-refractivity contribution is -0.122. The molecule has 23 heavy (non-hydrogen) atoms. The van der Waals surface area contributed by atoms with Gasteiger partial charge >= 0.3 is 6.03 Å². The minimum atomic E-state index is -0.367. The molecule has 1 N–H and O–H groups in total. The molecule has 3 amide bonds. The van der Waals surface area contributed by atoms with E-state index in [1.165, 1.54) is 10.5 Å². The molecule has 5 heteroatoms. The van der Waals surface area contributed by atoms with Crippen LogP contribution in [0.5, 0.6) is 0 Å². The summed E-state index contributed by atoms with van der Waals surface area (Å²) in [6.07, 6.45) is 3.66. The molecule has 0 spiro atoms. The topological polar surface area (TPSA) is 54.3 Å². The van der Waals surface area contributed by atoms with Crippen molar-refractivity contribution in [3.8, 4) is 5.69 Å². The number of rotatable bonds is 3. The molecule has 0 aliphatic carbocycles. The molecular formula is C18H19N3O2. The van der Waals surface area contributed by atoms with Crippen molar-refractivity contribution in [1.29, 1.82) is 0 Å². The van der Waals surface area contributed by atoms with E-state index in [4.69, 9.17) is 0 Å². The average Bonchev–Trinajstić information content (AvgIpc) is 3.05. The number of hydrogen-bond acceptors (Lipinski definition) is 2. The van der Waals surface area contributed by atoms with Crippen LogP contribution in [0.3, 0.4) is 0 Å². The largest absolute Gasteiger partial charge is 0.328 e. The zero-order chi connectivity index (χ0) is 16.6. The van der Waals surface area contributed by atoms with Gasteiger partial charge in [0, 0.05) is 24.1 Å². The Morgan fingerprint density at radius 1 is 1.17 bits per heavy atom. The maximum atomic E-state index is 12.2. The molecule has 1 fully saturated rings. The lowest BCUT2D eigenvalue weighted by Gasteiger charge is -2.11. The van der Waals surface area contributed by atoms with E-state index < -0.39 is 0 Å². The molecule has 3 rings (SSSR count). The number of carbonyl (C=O) groups is 2. The molecule has 1 saturated heterocycles. The number of likely N-dealkylation sites (N-methyl/N-ethyl adjacent to an activating group) is 1. The van der Waals surface area contributed by atoms with Gasteiger partial charge in [-0.15, -0.1) is 0 Å².